The van der Waals surface area contributed by atoms with Crippen molar-refractivity contribution in [1.29, 1.82) is 0 Å². The van der Waals surface area contributed by atoms with Crippen LogP contribution in [0.15, 0.2) is 0 Å². The lowest BCUT2D eigenvalue weighted by atomic mass is 9.86. The van der Waals surface area contributed by atoms with Gasteiger partial charge in [0.25, 0.3) is 0 Å². The molecule has 1 heteroatoms. The Hall–Kier alpha value is -0.0400. The van der Waals surface area contributed by atoms with Gasteiger partial charge in [-0.2, -0.15) is 0 Å². The molecule has 0 aromatic rings. The van der Waals surface area contributed by atoms with Crippen LogP contribution in [-0.4, -0.2) is 12.6 Å². The standard InChI is InChI=1S/C20H39N/c1-2-3-4-5-6-7-8-9-14-19(17-21-20-15-16-20)18-12-10-11-13-18/h18-21H,2-17H2,1H3. The molecule has 2 aliphatic rings. The monoisotopic (exact) mass is 293 g/mol. The average molecular weight is 294 g/mol. The second-order valence-corrected chi connectivity index (χ2v) is 7.75. The van der Waals surface area contributed by atoms with Crippen molar-refractivity contribution in [3.05, 3.63) is 0 Å². The molecule has 2 saturated carbocycles. The topological polar surface area (TPSA) is 12.0 Å². The Morgan fingerprint density at radius 1 is 0.810 bits per heavy atom. The molecule has 1 atom stereocenters. The normalized spacial score (nSPS) is 21.0. The summed E-state index contributed by atoms with van der Waals surface area (Å²) in [7, 11) is 0. The van der Waals surface area contributed by atoms with Gasteiger partial charge in [0.15, 0.2) is 0 Å². The predicted octanol–water partition coefficient (Wildman–Crippen LogP) is 6.08. The molecular formula is C20H39N. The van der Waals surface area contributed by atoms with Crippen molar-refractivity contribution >= 4 is 0 Å². The molecule has 0 heterocycles. The molecule has 124 valence electrons. The van der Waals surface area contributed by atoms with Crippen LogP contribution in [0.4, 0.5) is 0 Å². The lowest BCUT2D eigenvalue weighted by Crippen LogP contribution is -2.28. The maximum absolute atomic E-state index is 3.81. The minimum absolute atomic E-state index is 0.896. The Labute approximate surface area is 133 Å². The summed E-state index contributed by atoms with van der Waals surface area (Å²) >= 11 is 0. The molecule has 0 saturated heterocycles. The van der Waals surface area contributed by atoms with Crippen molar-refractivity contribution in [3.8, 4) is 0 Å². The van der Waals surface area contributed by atoms with Gasteiger partial charge >= 0.3 is 0 Å². The van der Waals surface area contributed by atoms with Crippen molar-refractivity contribution in [2.45, 2.75) is 109 Å². The van der Waals surface area contributed by atoms with Crippen LogP contribution in [0.25, 0.3) is 0 Å². The van der Waals surface area contributed by atoms with E-state index >= 15 is 0 Å². The third-order valence-corrected chi connectivity index (χ3v) is 5.74. The molecule has 0 aliphatic heterocycles. The van der Waals surface area contributed by atoms with E-state index < -0.39 is 0 Å². The molecule has 0 radical (unpaired) electrons. The van der Waals surface area contributed by atoms with Crippen LogP contribution in [0.5, 0.6) is 0 Å². The zero-order valence-electron chi connectivity index (χ0n) is 14.5. The van der Waals surface area contributed by atoms with Crippen molar-refractivity contribution in [2.24, 2.45) is 11.8 Å². The quantitative estimate of drug-likeness (QED) is 0.406. The van der Waals surface area contributed by atoms with Gasteiger partial charge in [-0.25, -0.2) is 0 Å². The maximum Gasteiger partial charge on any atom is 0.00683 e. The number of rotatable bonds is 13. The van der Waals surface area contributed by atoms with Crippen LogP contribution in [-0.2, 0) is 0 Å². The number of hydrogen-bond acceptors (Lipinski definition) is 1. The fraction of sp³-hybridized carbons (Fsp3) is 1.00. The number of hydrogen-bond donors (Lipinski definition) is 1. The Balaban J connectivity index is 1.51. The first-order valence-electron chi connectivity index (χ1n) is 10.1. The van der Waals surface area contributed by atoms with Gasteiger partial charge in [0.05, 0.1) is 0 Å². The SMILES string of the molecule is CCCCCCCCCCC(CNC1CC1)C1CCCC1. The summed E-state index contributed by atoms with van der Waals surface area (Å²) in [5.74, 6) is 2.05. The van der Waals surface area contributed by atoms with Crippen LogP contribution < -0.4 is 5.32 Å². The highest BCUT2D eigenvalue weighted by Crippen LogP contribution is 2.34. The Morgan fingerprint density at radius 2 is 1.43 bits per heavy atom. The van der Waals surface area contributed by atoms with Crippen LogP contribution in [0.1, 0.15) is 103 Å². The van der Waals surface area contributed by atoms with E-state index in [1.165, 1.54) is 103 Å². The molecule has 2 aliphatic carbocycles. The molecule has 0 aromatic heterocycles. The van der Waals surface area contributed by atoms with E-state index in [4.69, 9.17) is 0 Å². The van der Waals surface area contributed by atoms with Crippen LogP contribution >= 0.6 is 0 Å². The first-order chi connectivity index (χ1) is 10.4. The second-order valence-electron chi connectivity index (χ2n) is 7.75. The molecule has 1 nitrogen and oxygen atoms in total. The lowest BCUT2D eigenvalue weighted by Gasteiger charge is -2.24. The minimum Gasteiger partial charge on any atom is -0.314 e. The van der Waals surface area contributed by atoms with Gasteiger partial charge in [0, 0.05) is 6.04 Å². The van der Waals surface area contributed by atoms with Gasteiger partial charge in [-0.3, -0.25) is 0 Å². The largest absolute Gasteiger partial charge is 0.314 e. The molecule has 0 amide bonds. The van der Waals surface area contributed by atoms with Gasteiger partial charge < -0.3 is 5.32 Å². The van der Waals surface area contributed by atoms with Crippen molar-refractivity contribution in [3.63, 3.8) is 0 Å². The predicted molar refractivity (Wildman–Crippen MR) is 93.7 cm³/mol. The van der Waals surface area contributed by atoms with E-state index in [2.05, 4.69) is 12.2 Å². The number of unbranched alkanes of at least 4 members (excludes halogenated alkanes) is 7. The van der Waals surface area contributed by atoms with Crippen LogP contribution in [0.3, 0.4) is 0 Å². The Kier molecular flexibility index (Phi) is 8.78. The first-order valence-corrected chi connectivity index (χ1v) is 10.1. The highest BCUT2D eigenvalue weighted by Gasteiger charge is 2.27. The molecular weight excluding hydrogens is 254 g/mol. The van der Waals surface area contributed by atoms with Crippen LogP contribution in [0.2, 0.25) is 0 Å². The highest BCUT2D eigenvalue weighted by molar-refractivity contribution is 4.84. The smallest absolute Gasteiger partial charge is 0.00683 e. The Bertz CT molecular complexity index is 240. The number of nitrogens with one attached hydrogen (secondary N) is 1. The summed E-state index contributed by atoms with van der Waals surface area (Å²) in [6, 6.07) is 0.896. The molecule has 21 heavy (non-hydrogen) atoms. The zero-order chi connectivity index (χ0) is 14.8. The molecule has 1 unspecified atom stereocenters. The summed E-state index contributed by atoms with van der Waals surface area (Å²) in [6.07, 6.45) is 22.1. The summed E-state index contributed by atoms with van der Waals surface area (Å²) in [4.78, 5) is 0. The average Bonchev–Trinajstić information content (AvgIpc) is 3.17. The van der Waals surface area contributed by atoms with Crippen molar-refractivity contribution < 1.29 is 0 Å². The van der Waals surface area contributed by atoms with Crippen molar-refractivity contribution in [2.75, 3.05) is 6.54 Å². The lowest BCUT2D eigenvalue weighted by molar-refractivity contribution is 0.294. The van der Waals surface area contributed by atoms with Crippen molar-refractivity contribution in [1.82, 2.24) is 5.32 Å². The molecule has 2 rings (SSSR count). The van der Waals surface area contributed by atoms with Gasteiger partial charge in [0.2, 0.25) is 0 Å². The fourth-order valence-electron chi connectivity index (χ4n) is 4.08. The molecule has 0 aromatic carbocycles. The highest BCUT2D eigenvalue weighted by atomic mass is 14.9. The molecule has 0 bridgehead atoms. The third-order valence-electron chi connectivity index (χ3n) is 5.74. The van der Waals surface area contributed by atoms with Gasteiger partial charge in [-0.15, -0.1) is 0 Å². The first kappa shape index (κ1) is 17.3. The van der Waals surface area contributed by atoms with E-state index in [0.29, 0.717) is 0 Å². The van der Waals surface area contributed by atoms with E-state index in [9.17, 15) is 0 Å². The van der Waals surface area contributed by atoms with Gasteiger partial charge in [-0.05, 0) is 37.6 Å². The second kappa shape index (κ2) is 10.6. The minimum atomic E-state index is 0.896. The van der Waals surface area contributed by atoms with E-state index in [1.54, 1.807) is 0 Å². The molecule has 2 fully saturated rings. The third kappa shape index (κ3) is 7.68. The Morgan fingerprint density at radius 3 is 2.05 bits per heavy atom. The van der Waals surface area contributed by atoms with Gasteiger partial charge in [-0.1, -0.05) is 84.0 Å². The van der Waals surface area contributed by atoms with E-state index in [1.807, 2.05) is 0 Å². The summed E-state index contributed by atoms with van der Waals surface area (Å²) in [6.45, 7) is 3.63. The summed E-state index contributed by atoms with van der Waals surface area (Å²) in [5, 5.41) is 3.81. The van der Waals surface area contributed by atoms with E-state index in [-0.39, 0.29) is 0 Å². The van der Waals surface area contributed by atoms with E-state index in [0.717, 1.165) is 17.9 Å². The molecule has 0 spiro atoms. The summed E-state index contributed by atoms with van der Waals surface area (Å²) in [5.41, 5.74) is 0. The summed E-state index contributed by atoms with van der Waals surface area (Å²) < 4.78 is 0. The molecule has 1 N–H and O–H groups in total. The van der Waals surface area contributed by atoms with Gasteiger partial charge in [0.1, 0.15) is 0 Å². The zero-order valence-corrected chi connectivity index (χ0v) is 14.5. The maximum atomic E-state index is 3.81. The fourth-order valence-corrected chi connectivity index (χ4v) is 4.08. The van der Waals surface area contributed by atoms with Crippen LogP contribution in [0, 0.1) is 11.8 Å².